The maximum atomic E-state index is 13.6. The van der Waals surface area contributed by atoms with Crippen LogP contribution in [0, 0.1) is 0 Å². The van der Waals surface area contributed by atoms with Crippen molar-refractivity contribution in [2.24, 2.45) is 4.99 Å². The topological polar surface area (TPSA) is 106 Å². The highest BCUT2D eigenvalue weighted by molar-refractivity contribution is 5.87. The SMILES string of the molecule is O=COC1C[C@@H](Nc2ncnc(N=CC(CF)c3ccccc3CCF)n2)CC1=O. The first-order chi connectivity index (χ1) is 14.6. The molecule has 1 N–H and O–H groups in total. The second kappa shape index (κ2) is 10.5. The fourth-order valence-electron chi connectivity index (χ4n) is 3.34. The minimum atomic E-state index is -0.769. The Hall–Kier alpha value is -3.30. The fourth-order valence-corrected chi connectivity index (χ4v) is 3.34. The summed E-state index contributed by atoms with van der Waals surface area (Å²) < 4.78 is 31.2. The third-order valence-electron chi connectivity index (χ3n) is 4.77. The smallest absolute Gasteiger partial charge is 0.293 e. The predicted molar refractivity (Wildman–Crippen MR) is 105 cm³/mol. The molecule has 0 radical (unpaired) electrons. The molecule has 0 saturated heterocycles. The maximum Gasteiger partial charge on any atom is 0.293 e. The number of aromatic nitrogens is 3. The number of carbonyl (C=O) groups excluding carboxylic acids is 2. The van der Waals surface area contributed by atoms with E-state index in [0.717, 1.165) is 5.56 Å². The average molecular weight is 417 g/mol. The van der Waals surface area contributed by atoms with Crippen LogP contribution in [0.3, 0.4) is 0 Å². The Labute approximate surface area is 171 Å². The van der Waals surface area contributed by atoms with E-state index in [0.29, 0.717) is 12.0 Å². The zero-order chi connectivity index (χ0) is 21.3. The predicted octanol–water partition coefficient (Wildman–Crippen LogP) is 2.52. The number of rotatable bonds is 10. The molecule has 3 rings (SSSR count). The van der Waals surface area contributed by atoms with Gasteiger partial charge in [0.15, 0.2) is 11.9 Å². The minimum absolute atomic E-state index is 0.0685. The summed E-state index contributed by atoms with van der Waals surface area (Å²) in [5.41, 5.74) is 1.39. The molecule has 2 unspecified atom stereocenters. The molecule has 1 aliphatic carbocycles. The Morgan fingerprint density at radius 3 is 2.90 bits per heavy atom. The number of Topliss-reactive ketones (excluding diaryl/α,β-unsaturated/α-hetero) is 1. The molecule has 1 fully saturated rings. The van der Waals surface area contributed by atoms with Gasteiger partial charge in [0.25, 0.3) is 12.4 Å². The van der Waals surface area contributed by atoms with Crippen LogP contribution in [0.4, 0.5) is 20.7 Å². The molecule has 1 aliphatic rings. The van der Waals surface area contributed by atoms with Crippen LogP contribution in [0.1, 0.15) is 29.9 Å². The molecule has 3 atom stereocenters. The third kappa shape index (κ3) is 5.40. The first-order valence-corrected chi connectivity index (χ1v) is 9.46. The van der Waals surface area contributed by atoms with E-state index in [-0.39, 0.29) is 43.0 Å². The summed E-state index contributed by atoms with van der Waals surface area (Å²) >= 11 is 0. The number of hydrogen-bond donors (Lipinski definition) is 1. The van der Waals surface area contributed by atoms with Crippen molar-refractivity contribution in [2.75, 3.05) is 18.7 Å². The standard InChI is InChI=1S/C20H21F2N5O3/c21-6-5-13-3-1-2-4-16(13)14(9-22)10-23-19-24-11-25-20(27-19)26-15-7-17(29)18(8-15)30-12-28/h1-4,10-12,14-15,18H,5-9H2,(H,24,25,26,27)/t14?,15-,18?/m0/s1. The van der Waals surface area contributed by atoms with Crippen LogP contribution in [0.25, 0.3) is 0 Å². The third-order valence-corrected chi connectivity index (χ3v) is 4.77. The number of benzene rings is 1. The number of halogens is 2. The minimum Gasteiger partial charge on any atom is -0.456 e. The van der Waals surface area contributed by atoms with E-state index in [2.05, 4.69) is 25.3 Å². The number of ketones is 1. The molecule has 0 bridgehead atoms. The van der Waals surface area contributed by atoms with Crippen molar-refractivity contribution in [3.05, 3.63) is 41.7 Å². The lowest BCUT2D eigenvalue weighted by Gasteiger charge is -2.13. The molecule has 8 nitrogen and oxygen atoms in total. The molecule has 1 aromatic carbocycles. The zero-order valence-corrected chi connectivity index (χ0v) is 16.1. The monoisotopic (exact) mass is 417 g/mol. The quantitative estimate of drug-likeness (QED) is 0.468. The summed E-state index contributed by atoms with van der Waals surface area (Å²) in [5.74, 6) is -0.561. The summed E-state index contributed by atoms with van der Waals surface area (Å²) in [5, 5.41) is 2.99. The molecule has 1 heterocycles. The van der Waals surface area contributed by atoms with E-state index in [9.17, 15) is 18.4 Å². The largest absolute Gasteiger partial charge is 0.456 e. The molecule has 2 aromatic rings. The zero-order valence-electron chi connectivity index (χ0n) is 16.1. The van der Waals surface area contributed by atoms with Gasteiger partial charge in [-0.25, -0.2) is 9.98 Å². The highest BCUT2D eigenvalue weighted by Crippen LogP contribution is 2.23. The lowest BCUT2D eigenvalue weighted by molar-refractivity contribution is -0.141. The number of aryl methyl sites for hydroxylation is 1. The van der Waals surface area contributed by atoms with Gasteiger partial charge in [0.05, 0.1) is 6.67 Å². The normalized spacial score (nSPS) is 19.7. The van der Waals surface area contributed by atoms with Gasteiger partial charge < -0.3 is 10.1 Å². The summed E-state index contributed by atoms with van der Waals surface area (Å²) in [6.45, 7) is -0.975. The summed E-state index contributed by atoms with van der Waals surface area (Å²) in [6, 6.07) is 6.77. The highest BCUT2D eigenvalue weighted by atomic mass is 19.1. The molecule has 30 heavy (non-hydrogen) atoms. The summed E-state index contributed by atoms with van der Waals surface area (Å²) in [4.78, 5) is 38.5. The number of alkyl halides is 2. The van der Waals surface area contributed by atoms with Crippen LogP contribution in [-0.4, -0.2) is 58.9 Å². The Morgan fingerprint density at radius 1 is 1.30 bits per heavy atom. The number of anilines is 1. The van der Waals surface area contributed by atoms with Gasteiger partial charge in [-0.05, 0) is 11.1 Å². The van der Waals surface area contributed by atoms with E-state index in [1.165, 1.54) is 12.5 Å². The van der Waals surface area contributed by atoms with Gasteiger partial charge in [-0.15, -0.1) is 0 Å². The van der Waals surface area contributed by atoms with Crippen LogP contribution in [0.2, 0.25) is 0 Å². The summed E-state index contributed by atoms with van der Waals surface area (Å²) in [6.07, 6.45) is 2.57. The van der Waals surface area contributed by atoms with E-state index < -0.39 is 25.4 Å². The first-order valence-electron chi connectivity index (χ1n) is 9.46. The number of nitrogens with one attached hydrogen (secondary N) is 1. The Kier molecular flexibility index (Phi) is 7.47. The lowest BCUT2D eigenvalue weighted by Crippen LogP contribution is -2.19. The Bertz CT molecular complexity index is 912. The van der Waals surface area contributed by atoms with Crippen molar-refractivity contribution >= 4 is 30.4 Å². The van der Waals surface area contributed by atoms with E-state index in [1.54, 1.807) is 24.3 Å². The Morgan fingerprint density at radius 2 is 2.13 bits per heavy atom. The van der Waals surface area contributed by atoms with Crippen LogP contribution < -0.4 is 5.32 Å². The summed E-state index contributed by atoms with van der Waals surface area (Å²) in [7, 11) is 0. The van der Waals surface area contributed by atoms with Crippen LogP contribution in [-0.2, 0) is 20.7 Å². The van der Waals surface area contributed by atoms with Gasteiger partial charge in [0.2, 0.25) is 5.95 Å². The molecule has 158 valence electrons. The fraction of sp³-hybridized carbons (Fsp3) is 0.400. The molecule has 1 aromatic heterocycles. The van der Waals surface area contributed by atoms with Crippen molar-refractivity contribution in [3.63, 3.8) is 0 Å². The van der Waals surface area contributed by atoms with Crippen LogP contribution in [0.5, 0.6) is 0 Å². The van der Waals surface area contributed by atoms with E-state index in [4.69, 9.17) is 4.74 Å². The maximum absolute atomic E-state index is 13.6. The molecule has 0 spiro atoms. The van der Waals surface area contributed by atoms with Gasteiger partial charge in [-0.2, -0.15) is 9.97 Å². The second-order valence-corrected chi connectivity index (χ2v) is 6.75. The second-order valence-electron chi connectivity index (χ2n) is 6.75. The van der Waals surface area contributed by atoms with Gasteiger partial charge in [0, 0.05) is 37.4 Å². The van der Waals surface area contributed by atoms with Crippen LogP contribution >= 0.6 is 0 Å². The number of nitrogens with zero attached hydrogens (tertiary/aromatic N) is 4. The molecule has 10 heteroatoms. The van der Waals surface area contributed by atoms with E-state index in [1.807, 2.05) is 0 Å². The van der Waals surface area contributed by atoms with Gasteiger partial charge >= 0.3 is 0 Å². The molecular formula is C20H21F2N5O3. The van der Waals surface area contributed by atoms with Crippen molar-refractivity contribution in [3.8, 4) is 0 Å². The van der Waals surface area contributed by atoms with Gasteiger partial charge in [-0.3, -0.25) is 18.4 Å². The molecule has 0 aliphatic heterocycles. The first kappa shape index (κ1) is 21.4. The average Bonchev–Trinajstić information content (AvgIpc) is 3.09. The molecule has 0 amide bonds. The molecule has 1 saturated carbocycles. The number of carbonyl (C=O) groups is 2. The number of hydrogen-bond acceptors (Lipinski definition) is 8. The molecular weight excluding hydrogens is 396 g/mol. The van der Waals surface area contributed by atoms with E-state index >= 15 is 0 Å². The van der Waals surface area contributed by atoms with Gasteiger partial charge in [0.1, 0.15) is 13.0 Å². The highest BCUT2D eigenvalue weighted by Gasteiger charge is 2.34. The van der Waals surface area contributed by atoms with Crippen molar-refractivity contribution < 1.29 is 23.1 Å². The number of aliphatic imine (C=N–C) groups is 1. The van der Waals surface area contributed by atoms with Crippen molar-refractivity contribution in [2.45, 2.75) is 37.3 Å². The van der Waals surface area contributed by atoms with Crippen molar-refractivity contribution in [1.82, 2.24) is 15.0 Å². The van der Waals surface area contributed by atoms with Gasteiger partial charge in [-0.1, -0.05) is 24.3 Å². The van der Waals surface area contributed by atoms with Crippen LogP contribution in [0.15, 0.2) is 35.6 Å². The number of ether oxygens (including phenoxy) is 1. The van der Waals surface area contributed by atoms with Crippen molar-refractivity contribution in [1.29, 1.82) is 0 Å². The Balaban J connectivity index is 1.69. The lowest BCUT2D eigenvalue weighted by atomic mass is 9.94.